The van der Waals surface area contributed by atoms with Gasteiger partial charge in [-0.25, -0.2) is 13.4 Å². The molecule has 0 amide bonds. The van der Waals surface area contributed by atoms with Crippen LogP contribution in [0.25, 0.3) is 0 Å². The number of sulfonamides is 1. The van der Waals surface area contributed by atoms with E-state index in [1.807, 2.05) is 6.92 Å². The van der Waals surface area contributed by atoms with E-state index in [2.05, 4.69) is 9.71 Å². The summed E-state index contributed by atoms with van der Waals surface area (Å²) in [7, 11) is -3.61. The fraction of sp³-hybridized carbons (Fsp3) is 0.438. The summed E-state index contributed by atoms with van der Waals surface area (Å²) in [5, 5.41) is 0.464. The molecule has 124 valence electrons. The molecule has 0 spiro atoms. The molecule has 0 saturated carbocycles. The number of ether oxygens (including phenoxy) is 1. The largest absolute Gasteiger partial charge is 0.494 e. The monoisotopic (exact) mass is 352 g/mol. The number of nitrogens with zero attached hydrogens (tertiary/aromatic N) is 1. The maximum absolute atomic E-state index is 12.5. The molecule has 1 aliphatic rings. The molecule has 0 unspecified atom stereocenters. The zero-order valence-corrected chi connectivity index (χ0v) is 14.7. The van der Waals surface area contributed by atoms with Crippen LogP contribution < -0.4 is 9.46 Å². The average molecular weight is 352 g/mol. The highest BCUT2D eigenvalue weighted by Gasteiger charge is 2.19. The molecule has 7 heteroatoms. The Kier molecular flexibility index (Phi) is 4.87. The SMILES string of the molecule is CCOc1ccc(S(=O)(=O)Nc2nc3c(s2)CCCCC3)cc1. The van der Waals surface area contributed by atoms with E-state index in [4.69, 9.17) is 4.74 Å². The number of benzene rings is 1. The predicted octanol–water partition coefficient (Wildman–Crippen LogP) is 3.61. The number of nitrogens with one attached hydrogen (secondary N) is 1. The summed E-state index contributed by atoms with van der Waals surface area (Å²) in [4.78, 5) is 5.90. The minimum atomic E-state index is -3.61. The molecule has 5 nitrogen and oxygen atoms in total. The van der Waals surface area contributed by atoms with E-state index in [0.29, 0.717) is 17.5 Å². The van der Waals surface area contributed by atoms with Crippen LogP contribution in [0.5, 0.6) is 5.75 Å². The highest BCUT2D eigenvalue weighted by Crippen LogP contribution is 2.30. The summed E-state index contributed by atoms with van der Waals surface area (Å²) in [6.07, 6.45) is 5.44. The Morgan fingerprint density at radius 1 is 1.17 bits per heavy atom. The second-order valence-electron chi connectivity index (χ2n) is 5.46. The fourth-order valence-electron chi connectivity index (χ4n) is 2.63. The van der Waals surface area contributed by atoms with Gasteiger partial charge in [-0.2, -0.15) is 0 Å². The number of hydrogen-bond acceptors (Lipinski definition) is 5. The first-order valence-corrected chi connectivity index (χ1v) is 10.1. The highest BCUT2D eigenvalue weighted by molar-refractivity contribution is 7.93. The maximum atomic E-state index is 12.5. The summed E-state index contributed by atoms with van der Waals surface area (Å²) in [5.41, 5.74) is 1.05. The van der Waals surface area contributed by atoms with E-state index in [0.717, 1.165) is 31.4 Å². The van der Waals surface area contributed by atoms with Crippen LogP contribution >= 0.6 is 11.3 Å². The molecular weight excluding hydrogens is 332 g/mol. The molecule has 0 saturated heterocycles. The Hall–Kier alpha value is -1.60. The van der Waals surface area contributed by atoms with E-state index >= 15 is 0 Å². The van der Waals surface area contributed by atoms with Crippen molar-refractivity contribution in [2.45, 2.75) is 43.9 Å². The molecule has 0 fully saturated rings. The first-order chi connectivity index (χ1) is 11.1. The Labute approximate surface area is 140 Å². The van der Waals surface area contributed by atoms with Crippen LogP contribution in [0.15, 0.2) is 29.2 Å². The van der Waals surface area contributed by atoms with Gasteiger partial charge in [0.15, 0.2) is 5.13 Å². The average Bonchev–Trinajstić information content (AvgIpc) is 2.76. The van der Waals surface area contributed by atoms with Crippen molar-refractivity contribution in [3.8, 4) is 5.75 Å². The van der Waals surface area contributed by atoms with Gasteiger partial charge in [-0.3, -0.25) is 4.72 Å². The van der Waals surface area contributed by atoms with Crippen molar-refractivity contribution in [1.29, 1.82) is 0 Å². The van der Waals surface area contributed by atoms with Crippen LogP contribution in [-0.4, -0.2) is 20.0 Å². The van der Waals surface area contributed by atoms with E-state index in [1.54, 1.807) is 24.3 Å². The quantitative estimate of drug-likeness (QED) is 0.835. The number of aryl methyl sites for hydroxylation is 2. The van der Waals surface area contributed by atoms with Crippen molar-refractivity contribution >= 4 is 26.5 Å². The normalized spacial score (nSPS) is 14.8. The first kappa shape index (κ1) is 16.3. The number of anilines is 1. The standard InChI is InChI=1S/C16H20N2O3S2/c1-2-21-12-8-10-13(11-9-12)23(19,20)18-16-17-14-6-4-3-5-7-15(14)22-16/h8-11H,2-7H2,1H3,(H,17,18). The lowest BCUT2D eigenvalue weighted by Crippen LogP contribution is -2.12. The summed E-state index contributed by atoms with van der Waals surface area (Å²) in [6, 6.07) is 6.42. The van der Waals surface area contributed by atoms with Crippen molar-refractivity contribution in [3.05, 3.63) is 34.8 Å². The van der Waals surface area contributed by atoms with Crippen molar-refractivity contribution in [1.82, 2.24) is 4.98 Å². The third kappa shape index (κ3) is 3.84. The minimum absolute atomic E-state index is 0.214. The Morgan fingerprint density at radius 3 is 2.65 bits per heavy atom. The van der Waals surface area contributed by atoms with Crippen molar-refractivity contribution in [2.75, 3.05) is 11.3 Å². The number of fused-ring (bicyclic) bond motifs is 1. The van der Waals surface area contributed by atoms with Crippen molar-refractivity contribution in [2.24, 2.45) is 0 Å². The van der Waals surface area contributed by atoms with Gasteiger partial charge >= 0.3 is 0 Å². The first-order valence-electron chi connectivity index (χ1n) is 7.83. The zero-order chi connectivity index (χ0) is 16.3. The van der Waals surface area contributed by atoms with Crippen molar-refractivity contribution in [3.63, 3.8) is 0 Å². The van der Waals surface area contributed by atoms with Crippen LogP contribution in [0, 0.1) is 0 Å². The smallest absolute Gasteiger partial charge is 0.263 e. The lowest BCUT2D eigenvalue weighted by Gasteiger charge is -2.07. The summed E-state index contributed by atoms with van der Waals surface area (Å²) in [5.74, 6) is 0.660. The van der Waals surface area contributed by atoms with Gasteiger partial charge in [-0.1, -0.05) is 6.42 Å². The molecule has 23 heavy (non-hydrogen) atoms. The number of aromatic nitrogens is 1. The third-order valence-corrected chi connectivity index (χ3v) is 6.32. The molecule has 3 rings (SSSR count). The number of thiazole rings is 1. The zero-order valence-electron chi connectivity index (χ0n) is 13.0. The lowest BCUT2D eigenvalue weighted by molar-refractivity contribution is 0.340. The molecule has 0 aliphatic heterocycles. The van der Waals surface area contributed by atoms with Gasteiger partial charge < -0.3 is 4.74 Å². The predicted molar refractivity (Wildman–Crippen MR) is 91.8 cm³/mol. The van der Waals surface area contributed by atoms with Crippen LogP contribution in [0.3, 0.4) is 0 Å². The Balaban J connectivity index is 1.78. The number of rotatable bonds is 5. The van der Waals surface area contributed by atoms with Crippen LogP contribution in [0.2, 0.25) is 0 Å². The lowest BCUT2D eigenvalue weighted by atomic mass is 10.2. The van der Waals surface area contributed by atoms with E-state index in [-0.39, 0.29) is 4.90 Å². The Bertz CT molecular complexity index is 744. The third-order valence-electron chi connectivity index (χ3n) is 3.76. The molecule has 0 bridgehead atoms. The Morgan fingerprint density at radius 2 is 1.91 bits per heavy atom. The van der Waals surface area contributed by atoms with E-state index in [1.165, 1.54) is 22.6 Å². The summed E-state index contributed by atoms with van der Waals surface area (Å²) in [6.45, 7) is 2.44. The molecule has 2 aromatic rings. The van der Waals surface area contributed by atoms with E-state index < -0.39 is 10.0 Å². The van der Waals surface area contributed by atoms with Crippen LogP contribution in [-0.2, 0) is 22.9 Å². The number of hydrogen-bond donors (Lipinski definition) is 1. The molecule has 1 N–H and O–H groups in total. The van der Waals surface area contributed by atoms with Gasteiger partial charge in [0.25, 0.3) is 10.0 Å². The molecule has 1 aliphatic carbocycles. The molecule has 1 aromatic carbocycles. The van der Waals surface area contributed by atoms with Gasteiger partial charge in [-0.15, -0.1) is 11.3 Å². The summed E-state index contributed by atoms with van der Waals surface area (Å²) >= 11 is 1.46. The highest BCUT2D eigenvalue weighted by atomic mass is 32.2. The minimum Gasteiger partial charge on any atom is -0.494 e. The second kappa shape index (κ2) is 6.88. The van der Waals surface area contributed by atoms with Gasteiger partial charge in [0.1, 0.15) is 5.75 Å². The topological polar surface area (TPSA) is 68.3 Å². The van der Waals surface area contributed by atoms with Crippen LogP contribution in [0.1, 0.15) is 36.8 Å². The molecule has 0 atom stereocenters. The molecule has 1 aromatic heterocycles. The fourth-order valence-corrected chi connectivity index (χ4v) is 4.91. The van der Waals surface area contributed by atoms with Crippen molar-refractivity contribution < 1.29 is 13.2 Å². The van der Waals surface area contributed by atoms with Gasteiger partial charge in [0.05, 0.1) is 17.2 Å². The van der Waals surface area contributed by atoms with Crippen LogP contribution in [0.4, 0.5) is 5.13 Å². The summed E-state index contributed by atoms with van der Waals surface area (Å²) < 4.78 is 32.9. The molecule has 1 heterocycles. The van der Waals surface area contributed by atoms with Gasteiger partial charge in [-0.05, 0) is 56.9 Å². The van der Waals surface area contributed by atoms with Gasteiger partial charge in [0, 0.05) is 4.88 Å². The molecular formula is C16H20N2O3S2. The maximum Gasteiger partial charge on any atom is 0.263 e. The van der Waals surface area contributed by atoms with Gasteiger partial charge in [0.2, 0.25) is 0 Å². The molecule has 0 radical (unpaired) electrons. The second-order valence-corrected chi connectivity index (χ2v) is 8.23. The van der Waals surface area contributed by atoms with E-state index in [9.17, 15) is 8.42 Å².